The van der Waals surface area contributed by atoms with Crippen molar-refractivity contribution in [3.05, 3.63) is 35.4 Å². The van der Waals surface area contributed by atoms with E-state index < -0.39 is 30.4 Å². The Balaban J connectivity index is 1.95. The van der Waals surface area contributed by atoms with E-state index in [2.05, 4.69) is 0 Å². The first kappa shape index (κ1) is 17.6. The summed E-state index contributed by atoms with van der Waals surface area (Å²) in [5.74, 6) is -0.481. The summed E-state index contributed by atoms with van der Waals surface area (Å²) >= 11 is 0. The largest absolute Gasteiger partial charge is 0.416 e. The molecule has 0 unspecified atom stereocenters. The third kappa shape index (κ3) is 4.85. The van der Waals surface area contributed by atoms with E-state index in [1.54, 1.807) is 0 Å². The van der Waals surface area contributed by atoms with Gasteiger partial charge in [-0.2, -0.15) is 26.3 Å². The number of halogens is 6. The Morgan fingerprint density at radius 3 is 1.87 bits per heavy atom. The number of benzene rings is 1. The van der Waals surface area contributed by atoms with E-state index in [-0.39, 0.29) is 31.7 Å². The molecule has 1 fully saturated rings. The van der Waals surface area contributed by atoms with Gasteiger partial charge in [0.05, 0.1) is 12.1 Å². The molecule has 0 aromatic heterocycles. The molecular weight excluding hydrogens is 326 g/mol. The van der Waals surface area contributed by atoms with Crippen LogP contribution in [-0.4, -0.2) is 54.6 Å². The van der Waals surface area contributed by atoms with E-state index in [1.807, 2.05) is 0 Å². The number of carbonyl (C=O) groups is 1. The van der Waals surface area contributed by atoms with Crippen LogP contribution in [0, 0.1) is 0 Å². The molecule has 2 rings (SSSR count). The Kier molecular flexibility index (Phi) is 4.88. The Morgan fingerprint density at radius 1 is 0.913 bits per heavy atom. The van der Waals surface area contributed by atoms with Gasteiger partial charge in [-0.25, -0.2) is 0 Å². The zero-order valence-electron chi connectivity index (χ0n) is 11.9. The highest BCUT2D eigenvalue weighted by Gasteiger charge is 2.33. The fourth-order valence-corrected chi connectivity index (χ4v) is 2.35. The average molecular weight is 340 g/mol. The molecule has 1 aliphatic heterocycles. The minimum atomic E-state index is -4.48. The standard InChI is InChI=1S/C14H14F6N2O/c15-13(16,17)9-21-5-7-22(8-6-21)12(23)10-1-3-11(4-2-10)14(18,19)20/h1-4H,5-9H2. The van der Waals surface area contributed by atoms with E-state index >= 15 is 0 Å². The highest BCUT2D eigenvalue weighted by atomic mass is 19.4. The molecule has 0 radical (unpaired) electrons. The van der Waals surface area contributed by atoms with Crippen molar-refractivity contribution < 1.29 is 31.1 Å². The summed E-state index contributed by atoms with van der Waals surface area (Å²) in [6.45, 7) is -0.668. The third-order valence-corrected chi connectivity index (χ3v) is 3.52. The second-order valence-corrected chi connectivity index (χ2v) is 5.26. The fourth-order valence-electron chi connectivity index (χ4n) is 2.35. The molecule has 1 aromatic carbocycles. The summed E-state index contributed by atoms with van der Waals surface area (Å²) < 4.78 is 74.2. The van der Waals surface area contributed by atoms with Gasteiger partial charge in [0.15, 0.2) is 0 Å². The number of nitrogens with zero attached hydrogens (tertiary/aromatic N) is 2. The van der Waals surface area contributed by atoms with Crippen molar-refractivity contribution in [2.24, 2.45) is 0 Å². The second-order valence-electron chi connectivity index (χ2n) is 5.26. The Morgan fingerprint density at radius 2 is 1.43 bits per heavy atom. The molecule has 0 saturated carbocycles. The van der Waals surface area contributed by atoms with E-state index in [0.29, 0.717) is 0 Å². The number of carbonyl (C=O) groups excluding carboxylic acids is 1. The first-order chi connectivity index (χ1) is 10.6. The highest BCUT2D eigenvalue weighted by Crippen LogP contribution is 2.29. The van der Waals surface area contributed by atoms with Crippen molar-refractivity contribution in [1.82, 2.24) is 9.80 Å². The minimum absolute atomic E-state index is 0.0753. The third-order valence-electron chi connectivity index (χ3n) is 3.52. The predicted molar refractivity (Wildman–Crippen MR) is 69.8 cm³/mol. The number of rotatable bonds is 2. The summed E-state index contributed by atoms with van der Waals surface area (Å²) in [7, 11) is 0. The lowest BCUT2D eigenvalue weighted by molar-refractivity contribution is -0.148. The number of alkyl halides is 6. The van der Waals surface area contributed by atoms with Gasteiger partial charge in [0.1, 0.15) is 0 Å². The van der Waals surface area contributed by atoms with Crippen molar-refractivity contribution in [2.75, 3.05) is 32.7 Å². The topological polar surface area (TPSA) is 23.6 Å². The van der Waals surface area contributed by atoms with Crippen LogP contribution in [0.2, 0.25) is 0 Å². The van der Waals surface area contributed by atoms with Gasteiger partial charge >= 0.3 is 12.4 Å². The zero-order chi connectivity index (χ0) is 17.3. The molecule has 0 spiro atoms. The first-order valence-electron chi connectivity index (χ1n) is 6.82. The van der Waals surface area contributed by atoms with Crippen LogP contribution in [0.25, 0.3) is 0 Å². The first-order valence-corrected chi connectivity index (χ1v) is 6.82. The number of hydrogen-bond donors (Lipinski definition) is 0. The van der Waals surface area contributed by atoms with Crippen LogP contribution in [0.3, 0.4) is 0 Å². The molecular formula is C14H14F6N2O. The summed E-state index contributed by atoms with van der Waals surface area (Å²) in [5, 5.41) is 0. The van der Waals surface area contributed by atoms with Gasteiger partial charge in [0.25, 0.3) is 5.91 Å². The van der Waals surface area contributed by atoms with Crippen molar-refractivity contribution >= 4 is 5.91 Å². The summed E-state index contributed by atoms with van der Waals surface area (Å²) in [4.78, 5) is 14.7. The summed E-state index contributed by atoms with van der Waals surface area (Å²) in [6.07, 6.45) is -8.77. The average Bonchev–Trinajstić information content (AvgIpc) is 2.45. The van der Waals surface area contributed by atoms with E-state index in [4.69, 9.17) is 0 Å². The summed E-state index contributed by atoms with van der Waals surface area (Å²) in [5.41, 5.74) is -0.772. The highest BCUT2D eigenvalue weighted by molar-refractivity contribution is 5.94. The molecule has 1 heterocycles. The smallest absolute Gasteiger partial charge is 0.336 e. The van der Waals surface area contributed by atoms with Crippen LogP contribution in [-0.2, 0) is 6.18 Å². The quantitative estimate of drug-likeness (QED) is 0.773. The van der Waals surface area contributed by atoms with Gasteiger partial charge < -0.3 is 4.90 Å². The van der Waals surface area contributed by atoms with Gasteiger partial charge in [0, 0.05) is 31.7 Å². The fraction of sp³-hybridized carbons (Fsp3) is 0.500. The van der Waals surface area contributed by atoms with Gasteiger partial charge in [-0.15, -0.1) is 0 Å². The predicted octanol–water partition coefficient (Wildman–Crippen LogP) is 3.03. The van der Waals surface area contributed by atoms with Crippen molar-refractivity contribution in [2.45, 2.75) is 12.4 Å². The van der Waals surface area contributed by atoms with Crippen LogP contribution in [0.15, 0.2) is 24.3 Å². The molecule has 1 aromatic rings. The molecule has 1 amide bonds. The molecule has 0 aliphatic carbocycles. The lowest BCUT2D eigenvalue weighted by Gasteiger charge is -2.35. The molecule has 128 valence electrons. The zero-order valence-corrected chi connectivity index (χ0v) is 11.9. The number of hydrogen-bond acceptors (Lipinski definition) is 2. The summed E-state index contributed by atoms with van der Waals surface area (Å²) in [6, 6.07) is 3.78. The Hall–Kier alpha value is -1.77. The van der Waals surface area contributed by atoms with E-state index in [0.717, 1.165) is 24.3 Å². The van der Waals surface area contributed by atoms with E-state index in [1.165, 1.54) is 9.80 Å². The maximum Gasteiger partial charge on any atom is 0.416 e. The van der Waals surface area contributed by atoms with Crippen molar-refractivity contribution in [1.29, 1.82) is 0 Å². The molecule has 23 heavy (non-hydrogen) atoms. The monoisotopic (exact) mass is 340 g/mol. The number of piperazine rings is 1. The molecule has 3 nitrogen and oxygen atoms in total. The van der Waals surface area contributed by atoms with Gasteiger partial charge in [0.2, 0.25) is 0 Å². The van der Waals surface area contributed by atoms with Crippen molar-refractivity contribution in [3.8, 4) is 0 Å². The van der Waals surface area contributed by atoms with Crippen molar-refractivity contribution in [3.63, 3.8) is 0 Å². The van der Waals surface area contributed by atoms with Gasteiger partial charge in [-0.3, -0.25) is 9.69 Å². The van der Waals surface area contributed by atoms with Crippen LogP contribution in [0.4, 0.5) is 26.3 Å². The maximum atomic E-state index is 12.5. The number of amides is 1. The Bertz CT molecular complexity index is 544. The minimum Gasteiger partial charge on any atom is -0.336 e. The molecule has 0 atom stereocenters. The normalized spacial score (nSPS) is 17.4. The lowest BCUT2D eigenvalue weighted by atomic mass is 10.1. The van der Waals surface area contributed by atoms with Gasteiger partial charge in [-0.1, -0.05) is 0 Å². The molecule has 1 aliphatic rings. The molecule has 1 saturated heterocycles. The lowest BCUT2D eigenvalue weighted by Crippen LogP contribution is -2.50. The van der Waals surface area contributed by atoms with E-state index in [9.17, 15) is 31.1 Å². The van der Waals surface area contributed by atoms with Crippen LogP contribution in [0.5, 0.6) is 0 Å². The molecule has 0 N–H and O–H groups in total. The van der Waals surface area contributed by atoms with Crippen LogP contribution in [0.1, 0.15) is 15.9 Å². The maximum absolute atomic E-state index is 12.5. The van der Waals surface area contributed by atoms with Gasteiger partial charge in [-0.05, 0) is 24.3 Å². The Labute approximate surface area is 128 Å². The molecule has 0 bridgehead atoms. The van der Waals surface area contributed by atoms with Crippen LogP contribution < -0.4 is 0 Å². The second kappa shape index (κ2) is 6.38. The van der Waals surface area contributed by atoms with Crippen LogP contribution >= 0.6 is 0 Å². The SMILES string of the molecule is O=C(c1ccc(C(F)(F)F)cc1)N1CCN(CC(F)(F)F)CC1. The molecule has 9 heteroatoms.